The Kier molecular flexibility index (Phi) is 6.15. The van der Waals surface area contributed by atoms with Crippen LogP contribution in [-0.2, 0) is 11.3 Å². The second-order valence-corrected chi connectivity index (χ2v) is 9.22. The molecule has 148 valence electrons. The van der Waals surface area contributed by atoms with Crippen molar-refractivity contribution in [2.45, 2.75) is 50.2 Å². The number of halogens is 1. The van der Waals surface area contributed by atoms with Crippen LogP contribution in [0.1, 0.15) is 33.5 Å². The van der Waals surface area contributed by atoms with Gasteiger partial charge in [-0.25, -0.2) is 0 Å². The fraction of sp³-hybridized carbons (Fsp3) is 0.350. The van der Waals surface area contributed by atoms with E-state index in [1.807, 2.05) is 68.7 Å². The van der Waals surface area contributed by atoms with Crippen LogP contribution >= 0.6 is 23.4 Å². The second kappa shape index (κ2) is 8.41. The molecule has 28 heavy (non-hydrogen) atoms. The largest absolute Gasteiger partial charge is 0.467 e. The van der Waals surface area contributed by atoms with Gasteiger partial charge in [-0.3, -0.25) is 9.36 Å². The third-order valence-corrected chi connectivity index (χ3v) is 5.20. The van der Waals surface area contributed by atoms with Gasteiger partial charge in [0.05, 0.1) is 18.1 Å². The lowest BCUT2D eigenvalue weighted by Crippen LogP contribution is -2.44. The molecule has 8 heteroatoms. The topological polar surface area (TPSA) is 73.0 Å². The molecule has 0 aliphatic heterocycles. The van der Waals surface area contributed by atoms with Gasteiger partial charge in [-0.1, -0.05) is 23.4 Å². The summed E-state index contributed by atoms with van der Waals surface area (Å²) in [7, 11) is 0. The fourth-order valence-corrected chi connectivity index (χ4v) is 3.55. The number of thioether (sulfide) groups is 1. The second-order valence-electron chi connectivity index (χ2n) is 7.48. The minimum atomic E-state index is -0.322. The molecule has 0 aliphatic carbocycles. The van der Waals surface area contributed by atoms with Crippen molar-refractivity contribution in [2.75, 3.05) is 0 Å². The lowest BCUT2D eigenvalue weighted by atomic mass is 10.1. The van der Waals surface area contributed by atoms with Gasteiger partial charge in [0, 0.05) is 16.1 Å². The van der Waals surface area contributed by atoms with Gasteiger partial charge in [-0.05, 0) is 64.1 Å². The van der Waals surface area contributed by atoms with Gasteiger partial charge >= 0.3 is 0 Å². The maximum Gasteiger partial charge on any atom is 0.233 e. The summed E-state index contributed by atoms with van der Waals surface area (Å²) in [5.74, 6) is 1.43. The highest BCUT2D eigenvalue weighted by Crippen LogP contribution is 2.28. The van der Waals surface area contributed by atoms with Crippen molar-refractivity contribution in [3.05, 3.63) is 53.4 Å². The van der Waals surface area contributed by atoms with E-state index in [1.54, 1.807) is 6.26 Å². The smallest absolute Gasteiger partial charge is 0.233 e. The third-order valence-electron chi connectivity index (χ3n) is 3.86. The third kappa shape index (κ3) is 5.17. The Balaban J connectivity index is 1.90. The summed E-state index contributed by atoms with van der Waals surface area (Å²) in [6.45, 7) is 8.20. The summed E-state index contributed by atoms with van der Waals surface area (Å²) in [5.41, 5.74) is 0.601. The van der Waals surface area contributed by atoms with Crippen LogP contribution in [-0.4, -0.2) is 31.5 Å². The number of nitrogens with one attached hydrogen (secondary N) is 1. The molecule has 6 nitrogen and oxygen atoms in total. The number of aromatic nitrogens is 3. The number of rotatable bonds is 6. The van der Waals surface area contributed by atoms with Crippen LogP contribution in [0, 0.1) is 0 Å². The average molecular weight is 419 g/mol. The summed E-state index contributed by atoms with van der Waals surface area (Å²) in [6, 6.07) is 11.2. The van der Waals surface area contributed by atoms with Gasteiger partial charge in [0.15, 0.2) is 11.0 Å². The van der Waals surface area contributed by atoms with Gasteiger partial charge in [0.2, 0.25) is 5.91 Å². The number of nitrogens with zero attached hydrogens (tertiary/aromatic N) is 3. The van der Waals surface area contributed by atoms with Crippen molar-refractivity contribution in [3.8, 4) is 11.4 Å². The number of hydrogen-bond acceptors (Lipinski definition) is 5. The molecular weight excluding hydrogens is 396 g/mol. The van der Waals surface area contributed by atoms with E-state index in [2.05, 4.69) is 15.5 Å². The molecular formula is C20H23ClN4O2S. The van der Waals surface area contributed by atoms with Crippen LogP contribution in [0.5, 0.6) is 0 Å². The van der Waals surface area contributed by atoms with Crippen LogP contribution in [0.15, 0.2) is 52.2 Å². The molecule has 1 aromatic carbocycles. The van der Waals surface area contributed by atoms with Crippen molar-refractivity contribution >= 4 is 29.3 Å². The van der Waals surface area contributed by atoms with Crippen molar-refractivity contribution < 1.29 is 9.21 Å². The van der Waals surface area contributed by atoms with Gasteiger partial charge in [0.1, 0.15) is 5.76 Å². The van der Waals surface area contributed by atoms with E-state index in [0.29, 0.717) is 22.5 Å². The first-order chi connectivity index (χ1) is 13.2. The average Bonchev–Trinajstić information content (AvgIpc) is 3.25. The number of carbonyl (C=O) groups is 1. The Morgan fingerprint density at radius 1 is 1.25 bits per heavy atom. The maximum absolute atomic E-state index is 12.5. The molecule has 0 aliphatic rings. The first-order valence-electron chi connectivity index (χ1n) is 8.93. The van der Waals surface area contributed by atoms with Crippen LogP contribution in [0.4, 0.5) is 0 Å². The number of amides is 1. The summed E-state index contributed by atoms with van der Waals surface area (Å²) in [4.78, 5) is 12.5. The zero-order valence-electron chi connectivity index (χ0n) is 16.3. The molecule has 0 unspecified atom stereocenters. The van der Waals surface area contributed by atoms with Crippen LogP contribution in [0.3, 0.4) is 0 Å². The van der Waals surface area contributed by atoms with Crippen LogP contribution in [0.2, 0.25) is 5.02 Å². The molecule has 3 aromatic rings. The molecule has 3 rings (SSSR count). The first-order valence-corrected chi connectivity index (χ1v) is 10.2. The summed E-state index contributed by atoms with van der Waals surface area (Å²) in [5, 5.41) is 12.7. The zero-order valence-corrected chi connectivity index (χ0v) is 17.8. The molecule has 2 aromatic heterocycles. The Bertz CT molecular complexity index is 930. The Hall–Kier alpha value is -2.25. The lowest BCUT2D eigenvalue weighted by Gasteiger charge is -2.22. The quantitative estimate of drug-likeness (QED) is 0.590. The maximum atomic E-state index is 12.5. The Morgan fingerprint density at radius 2 is 1.96 bits per heavy atom. The standard InChI is InChI=1S/C20H23ClN4O2S/c1-13(18(26)22-20(2,3)4)28-19-24-23-17(14-7-9-15(21)10-8-14)25(19)12-16-6-5-11-27-16/h5-11,13H,12H2,1-4H3,(H,22,26)/t13-/m0/s1. The fourth-order valence-electron chi connectivity index (χ4n) is 2.57. The molecule has 0 saturated carbocycles. The molecule has 0 fully saturated rings. The normalized spacial score (nSPS) is 12.8. The van der Waals surface area contributed by atoms with E-state index in [-0.39, 0.29) is 16.7 Å². The Labute approximate surface area is 173 Å². The van der Waals surface area contributed by atoms with E-state index in [4.69, 9.17) is 16.0 Å². The molecule has 0 radical (unpaired) electrons. The monoisotopic (exact) mass is 418 g/mol. The minimum absolute atomic E-state index is 0.0434. The van der Waals surface area contributed by atoms with Crippen molar-refractivity contribution in [1.82, 2.24) is 20.1 Å². The number of hydrogen-bond donors (Lipinski definition) is 1. The summed E-state index contributed by atoms with van der Waals surface area (Å²) in [6.07, 6.45) is 1.63. The Morgan fingerprint density at radius 3 is 2.57 bits per heavy atom. The number of furan rings is 1. The summed E-state index contributed by atoms with van der Waals surface area (Å²) >= 11 is 7.38. The van der Waals surface area contributed by atoms with E-state index in [0.717, 1.165) is 11.3 Å². The molecule has 1 amide bonds. The van der Waals surface area contributed by atoms with E-state index in [9.17, 15) is 4.79 Å². The highest BCUT2D eigenvalue weighted by molar-refractivity contribution is 8.00. The van der Waals surface area contributed by atoms with Gasteiger partial charge in [-0.15, -0.1) is 10.2 Å². The van der Waals surface area contributed by atoms with Gasteiger partial charge < -0.3 is 9.73 Å². The lowest BCUT2D eigenvalue weighted by molar-refractivity contribution is -0.121. The molecule has 0 spiro atoms. The SMILES string of the molecule is C[C@H](Sc1nnc(-c2ccc(Cl)cc2)n1Cc1ccco1)C(=O)NC(C)(C)C. The predicted octanol–water partition coefficient (Wildman–Crippen LogP) is 4.64. The number of carbonyl (C=O) groups excluding carboxylic acids is 1. The molecule has 1 atom stereocenters. The summed E-state index contributed by atoms with van der Waals surface area (Å²) < 4.78 is 7.46. The van der Waals surface area contributed by atoms with E-state index < -0.39 is 0 Å². The van der Waals surface area contributed by atoms with E-state index >= 15 is 0 Å². The van der Waals surface area contributed by atoms with Crippen LogP contribution in [0.25, 0.3) is 11.4 Å². The number of benzene rings is 1. The minimum Gasteiger partial charge on any atom is -0.467 e. The van der Waals surface area contributed by atoms with Crippen molar-refractivity contribution in [1.29, 1.82) is 0 Å². The van der Waals surface area contributed by atoms with Crippen molar-refractivity contribution in [2.24, 2.45) is 0 Å². The molecule has 0 bridgehead atoms. The van der Waals surface area contributed by atoms with Gasteiger partial charge in [-0.2, -0.15) is 0 Å². The van der Waals surface area contributed by atoms with E-state index in [1.165, 1.54) is 11.8 Å². The van der Waals surface area contributed by atoms with Gasteiger partial charge in [0.25, 0.3) is 0 Å². The first kappa shape index (κ1) is 20.5. The predicted molar refractivity (Wildman–Crippen MR) is 111 cm³/mol. The molecule has 1 N–H and O–H groups in total. The highest BCUT2D eigenvalue weighted by Gasteiger charge is 2.24. The molecule has 2 heterocycles. The molecule has 0 saturated heterocycles. The highest BCUT2D eigenvalue weighted by atomic mass is 35.5. The van der Waals surface area contributed by atoms with Crippen molar-refractivity contribution in [3.63, 3.8) is 0 Å². The van der Waals surface area contributed by atoms with Crippen LogP contribution < -0.4 is 5.32 Å². The zero-order chi connectivity index (χ0) is 20.3.